The highest BCUT2D eigenvalue weighted by Gasteiger charge is 2.25. The summed E-state index contributed by atoms with van der Waals surface area (Å²) in [6, 6.07) is 7.38. The first-order valence-electron chi connectivity index (χ1n) is 6.45. The molecule has 21 heavy (non-hydrogen) atoms. The van der Waals surface area contributed by atoms with Crippen LogP contribution in [0, 0.1) is 0 Å². The lowest BCUT2D eigenvalue weighted by Gasteiger charge is -2.07. The van der Waals surface area contributed by atoms with Gasteiger partial charge in [0.1, 0.15) is 5.52 Å². The van der Waals surface area contributed by atoms with Crippen LogP contribution in [0.3, 0.4) is 0 Å². The van der Waals surface area contributed by atoms with Gasteiger partial charge in [0.2, 0.25) is 0 Å². The lowest BCUT2D eigenvalue weighted by molar-refractivity contribution is -0.133. The number of hydrogen-bond acceptors (Lipinski definition) is 3. The molecule has 2 rings (SSSR count). The SMILES string of the molecule is C/C=C\C(=C/NCCC(F)(F)F)n1nnc2ccccc21. The number of hydrogen-bond donors (Lipinski definition) is 1. The Kier molecular flexibility index (Phi) is 4.62. The lowest BCUT2D eigenvalue weighted by Crippen LogP contribution is -2.18. The standard InChI is InChI=1S/C14H15F3N4/c1-2-5-11(10-18-9-8-14(15,16)17)21-13-7-4-3-6-12(13)19-20-21/h2-7,10,18H,8-9H2,1H3/b5-2-,11-10+. The van der Waals surface area contributed by atoms with Crippen LogP contribution in [0.25, 0.3) is 16.7 Å². The van der Waals surface area contributed by atoms with Crippen molar-refractivity contribution >= 4 is 16.7 Å². The number of fused-ring (bicyclic) bond motifs is 1. The van der Waals surface area contributed by atoms with Gasteiger partial charge in [-0.05, 0) is 25.1 Å². The molecule has 0 radical (unpaired) electrons. The molecule has 0 atom stereocenters. The van der Waals surface area contributed by atoms with Crippen LogP contribution in [-0.2, 0) is 0 Å². The summed E-state index contributed by atoms with van der Waals surface area (Å²) in [5.41, 5.74) is 2.14. The average Bonchev–Trinajstić information content (AvgIpc) is 2.85. The van der Waals surface area contributed by atoms with Crippen LogP contribution in [0.1, 0.15) is 13.3 Å². The first-order valence-corrected chi connectivity index (χ1v) is 6.45. The number of nitrogens with one attached hydrogen (secondary N) is 1. The highest BCUT2D eigenvalue weighted by atomic mass is 19.4. The quantitative estimate of drug-likeness (QED) is 0.679. The minimum Gasteiger partial charge on any atom is -0.389 e. The van der Waals surface area contributed by atoms with Crippen molar-refractivity contribution in [3.05, 3.63) is 42.6 Å². The molecule has 1 aromatic heterocycles. The molecular formula is C14H15F3N4. The van der Waals surface area contributed by atoms with Gasteiger partial charge in [0.25, 0.3) is 0 Å². The Balaban J connectivity index is 2.19. The van der Waals surface area contributed by atoms with E-state index in [0.717, 1.165) is 11.0 Å². The molecule has 0 amide bonds. The molecule has 1 heterocycles. The van der Waals surface area contributed by atoms with Crippen LogP contribution in [0.4, 0.5) is 13.2 Å². The van der Waals surface area contributed by atoms with E-state index in [1.807, 2.05) is 31.2 Å². The summed E-state index contributed by atoms with van der Waals surface area (Å²) >= 11 is 0. The van der Waals surface area contributed by atoms with Gasteiger partial charge in [-0.1, -0.05) is 23.4 Å². The summed E-state index contributed by atoms with van der Waals surface area (Å²) in [6.45, 7) is 1.64. The third-order valence-corrected chi connectivity index (χ3v) is 2.74. The van der Waals surface area contributed by atoms with Crippen molar-refractivity contribution in [3.8, 4) is 0 Å². The molecule has 7 heteroatoms. The third kappa shape index (κ3) is 4.08. The summed E-state index contributed by atoms with van der Waals surface area (Å²) in [5, 5.41) is 10.7. The van der Waals surface area contributed by atoms with E-state index in [0.29, 0.717) is 5.70 Å². The maximum absolute atomic E-state index is 12.1. The van der Waals surface area contributed by atoms with Gasteiger partial charge in [-0.25, -0.2) is 4.68 Å². The van der Waals surface area contributed by atoms with Crippen molar-refractivity contribution in [3.63, 3.8) is 0 Å². The minimum atomic E-state index is -4.17. The predicted molar refractivity (Wildman–Crippen MR) is 75.3 cm³/mol. The molecule has 0 unspecified atom stereocenters. The van der Waals surface area contributed by atoms with E-state index in [1.165, 1.54) is 6.20 Å². The molecule has 0 saturated carbocycles. The van der Waals surface area contributed by atoms with Crippen LogP contribution in [0.2, 0.25) is 0 Å². The fourth-order valence-electron chi connectivity index (χ4n) is 1.80. The lowest BCUT2D eigenvalue weighted by atomic mass is 10.3. The maximum atomic E-state index is 12.1. The van der Waals surface area contributed by atoms with Crippen LogP contribution < -0.4 is 5.32 Å². The fraction of sp³-hybridized carbons (Fsp3) is 0.286. The zero-order valence-electron chi connectivity index (χ0n) is 11.4. The number of para-hydroxylation sites is 1. The van der Waals surface area contributed by atoms with Gasteiger partial charge in [0.05, 0.1) is 17.6 Å². The van der Waals surface area contributed by atoms with Crippen LogP contribution in [0.15, 0.2) is 42.6 Å². The number of halogens is 3. The van der Waals surface area contributed by atoms with Gasteiger partial charge in [0.15, 0.2) is 0 Å². The summed E-state index contributed by atoms with van der Waals surface area (Å²) < 4.78 is 37.9. The Morgan fingerprint density at radius 1 is 1.33 bits per heavy atom. The van der Waals surface area contributed by atoms with Crippen molar-refractivity contribution in [2.45, 2.75) is 19.5 Å². The first-order chi connectivity index (χ1) is 10.0. The zero-order chi connectivity index (χ0) is 15.3. The van der Waals surface area contributed by atoms with E-state index < -0.39 is 12.6 Å². The van der Waals surface area contributed by atoms with Gasteiger partial charge >= 0.3 is 6.18 Å². The van der Waals surface area contributed by atoms with Crippen molar-refractivity contribution in [1.82, 2.24) is 20.3 Å². The van der Waals surface area contributed by atoms with E-state index >= 15 is 0 Å². The van der Waals surface area contributed by atoms with Gasteiger partial charge in [0, 0.05) is 12.7 Å². The fourth-order valence-corrected chi connectivity index (χ4v) is 1.80. The van der Waals surface area contributed by atoms with Crippen molar-refractivity contribution in [2.75, 3.05) is 6.54 Å². The largest absolute Gasteiger partial charge is 0.390 e. The van der Waals surface area contributed by atoms with Gasteiger partial charge in [-0.2, -0.15) is 13.2 Å². The van der Waals surface area contributed by atoms with Crippen LogP contribution in [0.5, 0.6) is 0 Å². The average molecular weight is 296 g/mol. The molecule has 1 aromatic carbocycles. The number of rotatable bonds is 5. The molecule has 0 fully saturated rings. The predicted octanol–water partition coefficient (Wildman–Crippen LogP) is 3.35. The van der Waals surface area contributed by atoms with E-state index in [1.54, 1.807) is 16.8 Å². The molecule has 112 valence electrons. The molecule has 1 N–H and O–H groups in total. The third-order valence-electron chi connectivity index (χ3n) is 2.74. The Bertz CT molecular complexity index is 656. The summed E-state index contributed by atoms with van der Waals surface area (Å²) in [7, 11) is 0. The molecule has 0 aliphatic rings. The van der Waals surface area contributed by atoms with Crippen molar-refractivity contribution in [2.24, 2.45) is 0 Å². The minimum absolute atomic E-state index is 0.183. The van der Waals surface area contributed by atoms with E-state index in [-0.39, 0.29) is 6.54 Å². The second-order valence-electron chi connectivity index (χ2n) is 4.38. The topological polar surface area (TPSA) is 42.7 Å². The normalized spacial score (nSPS) is 13.2. The Morgan fingerprint density at radius 2 is 2.10 bits per heavy atom. The summed E-state index contributed by atoms with van der Waals surface area (Å²) in [6.07, 6.45) is -0.00539. The van der Waals surface area contributed by atoms with Gasteiger partial charge < -0.3 is 5.32 Å². The molecule has 4 nitrogen and oxygen atoms in total. The zero-order valence-corrected chi connectivity index (χ0v) is 11.4. The number of aromatic nitrogens is 3. The monoisotopic (exact) mass is 296 g/mol. The Morgan fingerprint density at radius 3 is 2.81 bits per heavy atom. The van der Waals surface area contributed by atoms with Gasteiger partial charge in [-0.3, -0.25) is 0 Å². The maximum Gasteiger partial charge on any atom is 0.390 e. The van der Waals surface area contributed by atoms with E-state index in [4.69, 9.17) is 0 Å². The molecule has 0 bridgehead atoms. The second-order valence-corrected chi connectivity index (χ2v) is 4.38. The number of alkyl halides is 3. The molecule has 0 aliphatic heterocycles. The molecule has 0 saturated heterocycles. The number of nitrogens with zero attached hydrogens (tertiary/aromatic N) is 3. The molecule has 0 spiro atoms. The number of benzene rings is 1. The van der Waals surface area contributed by atoms with Crippen molar-refractivity contribution < 1.29 is 13.2 Å². The summed E-state index contributed by atoms with van der Waals surface area (Å²) in [4.78, 5) is 0. The van der Waals surface area contributed by atoms with Crippen LogP contribution in [-0.4, -0.2) is 27.7 Å². The first kappa shape index (κ1) is 15.1. The highest BCUT2D eigenvalue weighted by Crippen LogP contribution is 2.18. The van der Waals surface area contributed by atoms with Crippen LogP contribution >= 0.6 is 0 Å². The number of allylic oxidation sites excluding steroid dienone is 3. The second kappa shape index (κ2) is 6.43. The van der Waals surface area contributed by atoms with Gasteiger partial charge in [-0.15, -0.1) is 5.10 Å². The Labute approximate surface area is 119 Å². The molecular weight excluding hydrogens is 281 g/mol. The molecule has 2 aromatic rings. The Hall–Kier alpha value is -2.31. The smallest absolute Gasteiger partial charge is 0.389 e. The van der Waals surface area contributed by atoms with Crippen molar-refractivity contribution in [1.29, 1.82) is 0 Å². The molecule has 0 aliphatic carbocycles. The van der Waals surface area contributed by atoms with E-state index in [2.05, 4.69) is 15.6 Å². The highest BCUT2D eigenvalue weighted by molar-refractivity contribution is 5.79. The summed E-state index contributed by atoms with van der Waals surface area (Å²) in [5.74, 6) is 0. The van der Waals surface area contributed by atoms with E-state index in [9.17, 15) is 13.2 Å².